The molecule has 0 spiro atoms. The Balaban J connectivity index is 2.14. The highest BCUT2D eigenvalue weighted by atomic mass is 35.5. The molecular formula is C15H22ClN3O2. The van der Waals surface area contributed by atoms with Crippen molar-refractivity contribution in [3.8, 4) is 0 Å². The van der Waals surface area contributed by atoms with Crippen molar-refractivity contribution in [3.63, 3.8) is 0 Å². The van der Waals surface area contributed by atoms with E-state index in [4.69, 9.17) is 22.1 Å². The van der Waals surface area contributed by atoms with Crippen molar-refractivity contribution >= 4 is 17.5 Å². The summed E-state index contributed by atoms with van der Waals surface area (Å²) in [6.45, 7) is 5.21. The fourth-order valence-corrected chi connectivity index (χ4v) is 2.69. The maximum atomic E-state index is 11.7. The number of nitrogens with one attached hydrogen (secondary N) is 1. The first-order chi connectivity index (χ1) is 10.1. The van der Waals surface area contributed by atoms with Crippen LogP contribution >= 0.6 is 11.6 Å². The van der Waals surface area contributed by atoms with Crippen LogP contribution in [-0.2, 0) is 9.53 Å². The molecule has 0 bridgehead atoms. The fraction of sp³-hybridized carbons (Fsp3) is 0.533. The van der Waals surface area contributed by atoms with Gasteiger partial charge < -0.3 is 15.8 Å². The molecule has 1 amide bonds. The van der Waals surface area contributed by atoms with Crippen molar-refractivity contribution in [3.05, 3.63) is 34.9 Å². The predicted octanol–water partition coefficient (Wildman–Crippen LogP) is 1.18. The molecule has 0 aromatic heterocycles. The Labute approximate surface area is 130 Å². The molecule has 1 aromatic carbocycles. The fourth-order valence-electron chi connectivity index (χ4n) is 2.43. The molecule has 1 unspecified atom stereocenters. The van der Waals surface area contributed by atoms with Crippen molar-refractivity contribution in [2.24, 2.45) is 5.73 Å². The number of ether oxygens (including phenoxy) is 1. The van der Waals surface area contributed by atoms with Gasteiger partial charge in [0, 0.05) is 24.7 Å². The number of rotatable bonds is 5. The van der Waals surface area contributed by atoms with Gasteiger partial charge in [-0.3, -0.25) is 9.69 Å². The Morgan fingerprint density at radius 3 is 2.71 bits per heavy atom. The van der Waals surface area contributed by atoms with Crippen molar-refractivity contribution < 1.29 is 9.53 Å². The van der Waals surface area contributed by atoms with E-state index in [1.807, 2.05) is 24.3 Å². The standard InChI is InChI=1S/C15H22ClN3O2/c1-11(17)15(20)18-10-14(19-6-8-21-9-7-19)12-4-2-3-5-13(12)16/h2-5,11,14H,6-10,17H2,1H3,(H,18,20)/t11-,14?/m1/s1. The van der Waals surface area contributed by atoms with Gasteiger partial charge in [0.2, 0.25) is 5.91 Å². The molecular weight excluding hydrogens is 290 g/mol. The van der Waals surface area contributed by atoms with Gasteiger partial charge in [0.25, 0.3) is 0 Å². The number of halogens is 1. The summed E-state index contributed by atoms with van der Waals surface area (Å²) >= 11 is 6.32. The van der Waals surface area contributed by atoms with Gasteiger partial charge in [0.05, 0.1) is 25.3 Å². The highest BCUT2D eigenvalue weighted by molar-refractivity contribution is 6.31. The Morgan fingerprint density at radius 2 is 2.10 bits per heavy atom. The Bertz CT molecular complexity index is 476. The summed E-state index contributed by atoms with van der Waals surface area (Å²) in [5.74, 6) is -0.152. The van der Waals surface area contributed by atoms with Gasteiger partial charge in [0.15, 0.2) is 0 Å². The first-order valence-electron chi connectivity index (χ1n) is 7.19. The summed E-state index contributed by atoms with van der Waals surface area (Å²) in [5, 5.41) is 3.61. The maximum absolute atomic E-state index is 11.7. The zero-order valence-electron chi connectivity index (χ0n) is 12.2. The first kappa shape index (κ1) is 16.2. The highest BCUT2D eigenvalue weighted by Crippen LogP contribution is 2.27. The normalized spacial score (nSPS) is 19.0. The van der Waals surface area contributed by atoms with Gasteiger partial charge in [-0.2, -0.15) is 0 Å². The highest BCUT2D eigenvalue weighted by Gasteiger charge is 2.25. The van der Waals surface area contributed by atoms with Gasteiger partial charge in [-0.05, 0) is 18.6 Å². The number of amides is 1. The van der Waals surface area contributed by atoms with E-state index >= 15 is 0 Å². The Morgan fingerprint density at radius 1 is 1.43 bits per heavy atom. The molecule has 0 aliphatic carbocycles. The molecule has 3 N–H and O–H groups in total. The largest absolute Gasteiger partial charge is 0.379 e. The quantitative estimate of drug-likeness (QED) is 0.857. The summed E-state index contributed by atoms with van der Waals surface area (Å²) < 4.78 is 5.40. The van der Waals surface area contributed by atoms with Crippen molar-refractivity contribution in [1.82, 2.24) is 10.2 Å². The molecule has 1 saturated heterocycles. The molecule has 1 heterocycles. The van der Waals surface area contributed by atoms with Crippen molar-refractivity contribution in [1.29, 1.82) is 0 Å². The topological polar surface area (TPSA) is 67.6 Å². The summed E-state index contributed by atoms with van der Waals surface area (Å²) in [7, 11) is 0. The van der Waals surface area contributed by atoms with Gasteiger partial charge in [-0.25, -0.2) is 0 Å². The van der Waals surface area contributed by atoms with Gasteiger partial charge in [-0.15, -0.1) is 0 Å². The number of benzene rings is 1. The zero-order chi connectivity index (χ0) is 15.2. The second-order valence-corrected chi connectivity index (χ2v) is 5.63. The number of nitrogens with zero attached hydrogens (tertiary/aromatic N) is 1. The molecule has 1 aliphatic rings. The molecule has 1 aromatic rings. The zero-order valence-corrected chi connectivity index (χ0v) is 13.0. The van der Waals surface area contributed by atoms with Crippen molar-refractivity contribution in [2.75, 3.05) is 32.8 Å². The molecule has 6 heteroatoms. The average molecular weight is 312 g/mol. The molecule has 1 aliphatic heterocycles. The van der Waals surface area contributed by atoms with Crippen LogP contribution in [0.1, 0.15) is 18.5 Å². The molecule has 116 valence electrons. The maximum Gasteiger partial charge on any atom is 0.236 e. The molecule has 0 saturated carbocycles. The van der Waals surface area contributed by atoms with Gasteiger partial charge in [0.1, 0.15) is 0 Å². The Hall–Kier alpha value is -1.14. The minimum atomic E-state index is -0.512. The summed E-state index contributed by atoms with van der Waals surface area (Å²) in [6.07, 6.45) is 0. The lowest BCUT2D eigenvalue weighted by Gasteiger charge is -2.35. The second-order valence-electron chi connectivity index (χ2n) is 5.22. The Kier molecular flexibility index (Phi) is 5.99. The SMILES string of the molecule is C[C@@H](N)C(=O)NCC(c1ccccc1Cl)N1CCOCC1. The van der Waals surface area contributed by atoms with Crippen LogP contribution in [0.2, 0.25) is 5.02 Å². The van der Waals surface area contributed by atoms with E-state index < -0.39 is 6.04 Å². The van der Waals surface area contributed by atoms with Crippen LogP contribution in [0.4, 0.5) is 0 Å². The van der Waals surface area contributed by atoms with Crippen molar-refractivity contribution in [2.45, 2.75) is 19.0 Å². The smallest absolute Gasteiger partial charge is 0.236 e. The van der Waals surface area contributed by atoms with Gasteiger partial charge >= 0.3 is 0 Å². The van der Waals surface area contributed by atoms with Crippen LogP contribution in [-0.4, -0.2) is 49.7 Å². The van der Waals surface area contributed by atoms with Gasteiger partial charge in [-0.1, -0.05) is 29.8 Å². The number of hydrogen-bond donors (Lipinski definition) is 2. The number of carbonyl (C=O) groups excluding carboxylic acids is 1. The monoisotopic (exact) mass is 311 g/mol. The van der Waals surface area contributed by atoms with Crippen LogP contribution < -0.4 is 11.1 Å². The number of carbonyl (C=O) groups is 1. The minimum Gasteiger partial charge on any atom is -0.379 e. The first-order valence-corrected chi connectivity index (χ1v) is 7.57. The number of nitrogens with two attached hydrogens (primary N) is 1. The van der Waals surface area contributed by atoms with E-state index in [9.17, 15) is 4.79 Å². The summed E-state index contributed by atoms with van der Waals surface area (Å²) in [5.41, 5.74) is 6.62. The lowest BCUT2D eigenvalue weighted by Crippen LogP contribution is -2.46. The van der Waals surface area contributed by atoms with E-state index in [0.29, 0.717) is 24.8 Å². The summed E-state index contributed by atoms with van der Waals surface area (Å²) in [6, 6.07) is 7.26. The minimum absolute atomic E-state index is 0.0327. The third kappa shape index (κ3) is 4.41. The van der Waals surface area contributed by atoms with Crippen LogP contribution in [0.15, 0.2) is 24.3 Å². The van der Waals surface area contributed by atoms with Crippen LogP contribution in [0.25, 0.3) is 0 Å². The van der Waals surface area contributed by atoms with Crippen LogP contribution in [0, 0.1) is 0 Å². The van der Waals surface area contributed by atoms with E-state index in [0.717, 1.165) is 18.7 Å². The van der Waals surface area contributed by atoms with E-state index in [1.54, 1.807) is 6.92 Å². The second kappa shape index (κ2) is 7.75. The summed E-state index contributed by atoms with van der Waals surface area (Å²) in [4.78, 5) is 14.0. The molecule has 0 radical (unpaired) electrons. The number of morpholine rings is 1. The van der Waals surface area contributed by atoms with E-state index in [2.05, 4.69) is 10.2 Å². The molecule has 2 atom stereocenters. The lowest BCUT2D eigenvalue weighted by molar-refractivity contribution is -0.122. The third-order valence-electron chi connectivity index (χ3n) is 3.63. The van der Waals surface area contributed by atoms with Crippen LogP contribution in [0.3, 0.4) is 0 Å². The third-order valence-corrected chi connectivity index (χ3v) is 3.98. The van der Waals surface area contributed by atoms with E-state index in [1.165, 1.54) is 0 Å². The molecule has 5 nitrogen and oxygen atoms in total. The van der Waals surface area contributed by atoms with Crippen LogP contribution in [0.5, 0.6) is 0 Å². The lowest BCUT2D eigenvalue weighted by atomic mass is 10.0. The molecule has 2 rings (SSSR count). The molecule has 1 fully saturated rings. The van der Waals surface area contributed by atoms with E-state index in [-0.39, 0.29) is 11.9 Å². The molecule has 21 heavy (non-hydrogen) atoms. The average Bonchev–Trinajstić information content (AvgIpc) is 2.50. The number of hydrogen-bond acceptors (Lipinski definition) is 4. The predicted molar refractivity (Wildman–Crippen MR) is 83.2 cm³/mol.